The van der Waals surface area contributed by atoms with Crippen LogP contribution in [0.1, 0.15) is 32.4 Å². The lowest BCUT2D eigenvalue weighted by molar-refractivity contribution is -0.156. The molecule has 1 atom stereocenters. The molecule has 5 nitrogen and oxygen atoms in total. The number of nitrogen functional groups attached to an aromatic ring is 2. The van der Waals surface area contributed by atoms with E-state index >= 15 is 0 Å². The first-order valence-corrected chi connectivity index (χ1v) is 5.34. The standard InChI is InChI=1S/C12H19N3O2/c1-12(2,3)17-11(16)10(15)7-4-5-8(13)9(14)6-7/h4-6,10H,13-15H2,1-3H3. The number of nitrogens with two attached hydrogens (primary N) is 3. The third-order valence-electron chi connectivity index (χ3n) is 2.13. The Morgan fingerprint density at radius 3 is 2.29 bits per heavy atom. The van der Waals surface area contributed by atoms with Crippen molar-refractivity contribution in [3.05, 3.63) is 23.8 Å². The van der Waals surface area contributed by atoms with Gasteiger partial charge in [0.2, 0.25) is 0 Å². The number of ether oxygens (including phenoxy) is 1. The summed E-state index contributed by atoms with van der Waals surface area (Å²) in [6.45, 7) is 5.36. The minimum Gasteiger partial charge on any atom is -0.459 e. The molecule has 0 saturated heterocycles. The van der Waals surface area contributed by atoms with Gasteiger partial charge in [0.25, 0.3) is 0 Å². The predicted octanol–water partition coefficient (Wildman–Crippen LogP) is 1.19. The lowest BCUT2D eigenvalue weighted by atomic mass is 10.1. The highest BCUT2D eigenvalue weighted by Crippen LogP contribution is 2.22. The zero-order chi connectivity index (χ0) is 13.2. The van der Waals surface area contributed by atoms with Crippen molar-refractivity contribution in [1.82, 2.24) is 0 Å². The molecule has 94 valence electrons. The third kappa shape index (κ3) is 3.64. The molecule has 0 heterocycles. The van der Waals surface area contributed by atoms with Crippen LogP contribution in [0.25, 0.3) is 0 Å². The Balaban J connectivity index is 2.85. The van der Waals surface area contributed by atoms with Crippen molar-refractivity contribution in [3.63, 3.8) is 0 Å². The Kier molecular flexibility index (Phi) is 3.63. The maximum atomic E-state index is 11.7. The molecule has 0 spiro atoms. The fourth-order valence-corrected chi connectivity index (χ4v) is 1.29. The van der Waals surface area contributed by atoms with E-state index in [9.17, 15) is 4.79 Å². The zero-order valence-corrected chi connectivity index (χ0v) is 10.4. The van der Waals surface area contributed by atoms with Crippen molar-refractivity contribution < 1.29 is 9.53 Å². The van der Waals surface area contributed by atoms with Crippen molar-refractivity contribution in [3.8, 4) is 0 Å². The summed E-state index contributed by atoms with van der Waals surface area (Å²) < 4.78 is 5.19. The molecule has 0 fully saturated rings. The molecule has 1 unspecified atom stereocenters. The number of hydrogen-bond acceptors (Lipinski definition) is 5. The summed E-state index contributed by atoms with van der Waals surface area (Å²) in [5.41, 5.74) is 17.9. The molecule has 1 aromatic rings. The molecule has 5 heteroatoms. The minimum atomic E-state index is -0.850. The molecule has 0 aromatic heterocycles. The van der Waals surface area contributed by atoms with E-state index in [4.69, 9.17) is 21.9 Å². The van der Waals surface area contributed by atoms with Gasteiger partial charge in [-0.3, -0.25) is 0 Å². The van der Waals surface area contributed by atoms with Gasteiger partial charge in [-0.1, -0.05) is 6.07 Å². The monoisotopic (exact) mass is 237 g/mol. The van der Waals surface area contributed by atoms with Crippen LogP contribution in [-0.2, 0) is 9.53 Å². The van der Waals surface area contributed by atoms with E-state index in [-0.39, 0.29) is 0 Å². The fourth-order valence-electron chi connectivity index (χ4n) is 1.29. The Morgan fingerprint density at radius 1 is 1.24 bits per heavy atom. The van der Waals surface area contributed by atoms with E-state index in [1.54, 1.807) is 39.0 Å². The van der Waals surface area contributed by atoms with Gasteiger partial charge in [0, 0.05) is 0 Å². The Labute approximate surface area is 101 Å². The molecular weight excluding hydrogens is 218 g/mol. The van der Waals surface area contributed by atoms with Gasteiger partial charge >= 0.3 is 5.97 Å². The topological polar surface area (TPSA) is 104 Å². The highest BCUT2D eigenvalue weighted by molar-refractivity contribution is 5.79. The molecule has 1 aromatic carbocycles. The van der Waals surface area contributed by atoms with Crippen LogP contribution in [0.15, 0.2) is 18.2 Å². The highest BCUT2D eigenvalue weighted by atomic mass is 16.6. The van der Waals surface area contributed by atoms with Gasteiger partial charge in [0.05, 0.1) is 11.4 Å². The van der Waals surface area contributed by atoms with Crippen LogP contribution >= 0.6 is 0 Å². The van der Waals surface area contributed by atoms with Crippen molar-refractivity contribution >= 4 is 17.3 Å². The summed E-state index contributed by atoms with van der Waals surface area (Å²) in [5.74, 6) is -0.485. The van der Waals surface area contributed by atoms with E-state index < -0.39 is 17.6 Å². The Morgan fingerprint density at radius 2 is 1.82 bits per heavy atom. The second-order valence-electron chi connectivity index (χ2n) is 4.90. The minimum absolute atomic E-state index is 0.404. The molecule has 6 N–H and O–H groups in total. The van der Waals surface area contributed by atoms with Crippen LogP contribution in [0.3, 0.4) is 0 Å². The van der Waals surface area contributed by atoms with Crippen LogP contribution in [0.4, 0.5) is 11.4 Å². The number of rotatable bonds is 2. The van der Waals surface area contributed by atoms with Crippen molar-refractivity contribution in [2.45, 2.75) is 32.4 Å². The first kappa shape index (κ1) is 13.3. The predicted molar refractivity (Wildman–Crippen MR) is 68.0 cm³/mol. The third-order valence-corrected chi connectivity index (χ3v) is 2.13. The van der Waals surface area contributed by atoms with Crippen molar-refractivity contribution in [2.24, 2.45) is 5.73 Å². The highest BCUT2D eigenvalue weighted by Gasteiger charge is 2.23. The van der Waals surface area contributed by atoms with Gasteiger partial charge in [-0.25, -0.2) is 4.79 Å². The van der Waals surface area contributed by atoms with E-state index in [2.05, 4.69) is 0 Å². The number of esters is 1. The van der Waals surface area contributed by atoms with Gasteiger partial charge in [0.15, 0.2) is 0 Å². The summed E-state index contributed by atoms with van der Waals surface area (Å²) in [7, 11) is 0. The number of carbonyl (C=O) groups is 1. The van der Waals surface area contributed by atoms with E-state index in [0.29, 0.717) is 16.9 Å². The van der Waals surface area contributed by atoms with Crippen LogP contribution in [-0.4, -0.2) is 11.6 Å². The van der Waals surface area contributed by atoms with Crippen LogP contribution in [0, 0.1) is 0 Å². The lowest BCUT2D eigenvalue weighted by Crippen LogP contribution is -2.31. The van der Waals surface area contributed by atoms with Gasteiger partial charge in [0.1, 0.15) is 11.6 Å². The van der Waals surface area contributed by atoms with Crippen LogP contribution < -0.4 is 17.2 Å². The molecular formula is C12H19N3O2. The Bertz CT molecular complexity index is 424. The number of carbonyl (C=O) groups excluding carboxylic acids is 1. The summed E-state index contributed by atoms with van der Waals surface area (Å²) in [6.07, 6.45) is 0. The fraction of sp³-hybridized carbons (Fsp3) is 0.417. The van der Waals surface area contributed by atoms with Crippen LogP contribution in [0.5, 0.6) is 0 Å². The normalized spacial score (nSPS) is 13.2. The number of benzene rings is 1. The van der Waals surface area contributed by atoms with E-state index in [1.165, 1.54) is 0 Å². The molecule has 1 rings (SSSR count). The maximum absolute atomic E-state index is 11.7. The molecule has 0 aliphatic heterocycles. The van der Waals surface area contributed by atoms with Gasteiger partial charge < -0.3 is 21.9 Å². The molecule has 0 radical (unpaired) electrons. The van der Waals surface area contributed by atoms with Crippen molar-refractivity contribution in [2.75, 3.05) is 11.5 Å². The Hall–Kier alpha value is -1.75. The van der Waals surface area contributed by atoms with Crippen molar-refractivity contribution in [1.29, 1.82) is 0 Å². The molecule has 0 bridgehead atoms. The number of hydrogen-bond donors (Lipinski definition) is 3. The summed E-state index contributed by atoms with van der Waals surface area (Å²) >= 11 is 0. The summed E-state index contributed by atoms with van der Waals surface area (Å²) in [6, 6.07) is 4.02. The van der Waals surface area contributed by atoms with Gasteiger partial charge in [-0.2, -0.15) is 0 Å². The lowest BCUT2D eigenvalue weighted by Gasteiger charge is -2.22. The average molecular weight is 237 g/mol. The van der Waals surface area contributed by atoms with Gasteiger partial charge in [-0.15, -0.1) is 0 Å². The smallest absolute Gasteiger partial charge is 0.328 e. The number of anilines is 2. The van der Waals surface area contributed by atoms with Crippen LogP contribution in [0.2, 0.25) is 0 Å². The zero-order valence-electron chi connectivity index (χ0n) is 10.4. The summed E-state index contributed by atoms with van der Waals surface area (Å²) in [4.78, 5) is 11.7. The second kappa shape index (κ2) is 4.63. The molecule has 0 aliphatic carbocycles. The largest absolute Gasteiger partial charge is 0.459 e. The molecule has 0 saturated carbocycles. The summed E-state index contributed by atoms with van der Waals surface area (Å²) in [5, 5.41) is 0. The van der Waals surface area contributed by atoms with E-state index in [1.807, 2.05) is 0 Å². The second-order valence-corrected chi connectivity index (χ2v) is 4.90. The first-order valence-electron chi connectivity index (χ1n) is 5.34. The average Bonchev–Trinajstić information content (AvgIpc) is 2.18. The maximum Gasteiger partial charge on any atom is 0.328 e. The SMILES string of the molecule is CC(C)(C)OC(=O)C(N)c1ccc(N)c(N)c1. The molecule has 0 amide bonds. The quantitative estimate of drug-likeness (QED) is 0.529. The first-order chi connectivity index (χ1) is 7.70. The van der Waals surface area contributed by atoms with E-state index in [0.717, 1.165) is 0 Å². The molecule has 17 heavy (non-hydrogen) atoms. The molecule has 0 aliphatic rings. The van der Waals surface area contributed by atoms with Gasteiger partial charge in [-0.05, 0) is 38.5 Å².